The predicted molar refractivity (Wildman–Crippen MR) is 75.3 cm³/mol. The Kier molecular flexibility index (Phi) is 4.69. The maximum Gasteiger partial charge on any atom is 0.142 e. The molecule has 1 aromatic rings. The van der Waals surface area contributed by atoms with E-state index in [9.17, 15) is 0 Å². The summed E-state index contributed by atoms with van der Waals surface area (Å²) in [5.41, 5.74) is 6.43. The van der Waals surface area contributed by atoms with Gasteiger partial charge in [0.15, 0.2) is 0 Å². The number of hydrogen-bond donors (Lipinski definition) is 1. The van der Waals surface area contributed by atoms with Crippen LogP contribution in [0.15, 0.2) is 18.2 Å². The number of nitrogens with zero attached hydrogens (tertiary/aromatic N) is 2. The molecule has 1 aliphatic heterocycles. The first-order valence-electron chi connectivity index (χ1n) is 6.24. The Morgan fingerprint density at radius 3 is 2.67 bits per heavy atom. The zero-order chi connectivity index (χ0) is 13.0. The van der Waals surface area contributed by atoms with Crippen molar-refractivity contribution in [1.82, 2.24) is 9.80 Å². The van der Waals surface area contributed by atoms with E-state index in [1.165, 1.54) is 0 Å². The van der Waals surface area contributed by atoms with Crippen LogP contribution in [0.1, 0.15) is 0 Å². The smallest absolute Gasteiger partial charge is 0.142 e. The first kappa shape index (κ1) is 13.5. The van der Waals surface area contributed by atoms with E-state index >= 15 is 0 Å². The van der Waals surface area contributed by atoms with Gasteiger partial charge in [0, 0.05) is 37.7 Å². The van der Waals surface area contributed by atoms with Gasteiger partial charge in [-0.2, -0.15) is 0 Å². The van der Waals surface area contributed by atoms with Crippen molar-refractivity contribution in [3.05, 3.63) is 23.2 Å². The number of piperazine rings is 1. The van der Waals surface area contributed by atoms with Gasteiger partial charge in [-0.1, -0.05) is 11.6 Å². The second-order valence-corrected chi connectivity index (χ2v) is 5.11. The number of nitrogens with two attached hydrogens (primary N) is 1. The Hall–Kier alpha value is -0.970. The van der Waals surface area contributed by atoms with Crippen LogP contribution in [0.25, 0.3) is 0 Å². The number of benzene rings is 1. The largest absolute Gasteiger partial charge is 0.490 e. The van der Waals surface area contributed by atoms with Gasteiger partial charge < -0.3 is 15.4 Å². The molecule has 0 unspecified atom stereocenters. The minimum absolute atomic E-state index is 0.598. The van der Waals surface area contributed by atoms with Crippen LogP contribution in [0.2, 0.25) is 5.02 Å². The van der Waals surface area contributed by atoms with Crippen molar-refractivity contribution in [2.24, 2.45) is 0 Å². The van der Waals surface area contributed by atoms with E-state index in [0.717, 1.165) is 32.7 Å². The third-order valence-corrected chi connectivity index (χ3v) is 3.47. The highest BCUT2D eigenvalue weighted by atomic mass is 35.5. The lowest BCUT2D eigenvalue weighted by atomic mass is 10.3. The van der Waals surface area contributed by atoms with Crippen LogP contribution < -0.4 is 10.5 Å². The van der Waals surface area contributed by atoms with Crippen molar-refractivity contribution in [1.29, 1.82) is 0 Å². The summed E-state index contributed by atoms with van der Waals surface area (Å²) in [5, 5.41) is 0.638. The van der Waals surface area contributed by atoms with E-state index in [1.807, 2.05) is 6.07 Å². The van der Waals surface area contributed by atoms with Crippen LogP contribution in [-0.4, -0.2) is 56.2 Å². The number of likely N-dealkylation sites (N-methyl/N-ethyl adjacent to an activating group) is 1. The molecule has 100 valence electrons. The lowest BCUT2D eigenvalue weighted by molar-refractivity contribution is 0.134. The molecule has 0 atom stereocenters. The summed E-state index contributed by atoms with van der Waals surface area (Å²) in [6, 6.07) is 5.33. The van der Waals surface area contributed by atoms with E-state index in [0.29, 0.717) is 23.1 Å². The summed E-state index contributed by atoms with van der Waals surface area (Å²) in [6.07, 6.45) is 0. The number of hydrogen-bond acceptors (Lipinski definition) is 4. The molecular weight excluding hydrogens is 250 g/mol. The van der Waals surface area contributed by atoms with Crippen LogP contribution in [-0.2, 0) is 0 Å². The average Bonchev–Trinajstić information content (AvgIpc) is 2.34. The standard InChI is InChI=1S/C13H20ClN3O/c1-16-4-6-17(7-5-16)8-9-18-13-3-2-11(14)10-12(13)15/h2-3,10H,4-9,15H2,1H3. The molecule has 1 aromatic carbocycles. The van der Waals surface area contributed by atoms with Crippen molar-refractivity contribution in [3.63, 3.8) is 0 Å². The number of halogens is 1. The van der Waals surface area contributed by atoms with Gasteiger partial charge in [0.2, 0.25) is 0 Å². The minimum Gasteiger partial charge on any atom is -0.490 e. The van der Waals surface area contributed by atoms with Gasteiger partial charge in [0.05, 0.1) is 5.69 Å². The van der Waals surface area contributed by atoms with Crippen LogP contribution in [0, 0.1) is 0 Å². The average molecular weight is 270 g/mol. The highest BCUT2D eigenvalue weighted by Gasteiger charge is 2.13. The van der Waals surface area contributed by atoms with E-state index in [2.05, 4.69) is 16.8 Å². The number of anilines is 1. The van der Waals surface area contributed by atoms with E-state index in [-0.39, 0.29) is 0 Å². The second kappa shape index (κ2) is 6.27. The molecule has 2 N–H and O–H groups in total. The van der Waals surface area contributed by atoms with Crippen LogP contribution in [0.3, 0.4) is 0 Å². The monoisotopic (exact) mass is 269 g/mol. The summed E-state index contributed by atoms with van der Waals surface area (Å²) in [7, 11) is 2.16. The summed E-state index contributed by atoms with van der Waals surface area (Å²) >= 11 is 5.84. The van der Waals surface area contributed by atoms with Gasteiger partial charge in [0.1, 0.15) is 12.4 Å². The lowest BCUT2D eigenvalue weighted by Gasteiger charge is -2.32. The Morgan fingerprint density at radius 1 is 1.28 bits per heavy atom. The highest BCUT2D eigenvalue weighted by Crippen LogP contribution is 2.24. The van der Waals surface area contributed by atoms with Gasteiger partial charge in [-0.15, -0.1) is 0 Å². The summed E-state index contributed by atoms with van der Waals surface area (Å²) < 4.78 is 5.68. The molecule has 1 fully saturated rings. The molecule has 1 heterocycles. The van der Waals surface area contributed by atoms with Crippen molar-refractivity contribution >= 4 is 17.3 Å². The Bertz CT molecular complexity index is 392. The molecule has 0 radical (unpaired) electrons. The molecule has 5 heteroatoms. The fourth-order valence-electron chi connectivity index (χ4n) is 2.01. The maximum absolute atomic E-state index is 5.84. The van der Waals surface area contributed by atoms with E-state index in [4.69, 9.17) is 22.1 Å². The molecule has 1 aliphatic rings. The van der Waals surface area contributed by atoms with Crippen molar-refractivity contribution in [2.45, 2.75) is 0 Å². The minimum atomic E-state index is 0.598. The maximum atomic E-state index is 5.84. The number of rotatable bonds is 4. The molecule has 4 nitrogen and oxygen atoms in total. The molecule has 0 saturated carbocycles. The first-order valence-corrected chi connectivity index (χ1v) is 6.61. The molecule has 0 aliphatic carbocycles. The molecule has 0 bridgehead atoms. The third kappa shape index (κ3) is 3.77. The Balaban J connectivity index is 1.75. The van der Waals surface area contributed by atoms with Gasteiger partial charge in [-0.3, -0.25) is 4.90 Å². The summed E-state index contributed by atoms with van der Waals surface area (Å²) in [6.45, 7) is 6.07. The number of nitrogen functional groups attached to an aromatic ring is 1. The normalized spacial score (nSPS) is 17.9. The molecule has 1 saturated heterocycles. The molecule has 0 aromatic heterocycles. The van der Waals surface area contributed by atoms with Crippen molar-refractivity contribution in [3.8, 4) is 5.75 Å². The first-order chi connectivity index (χ1) is 8.65. The lowest BCUT2D eigenvalue weighted by Crippen LogP contribution is -2.45. The van der Waals surface area contributed by atoms with Crippen molar-refractivity contribution in [2.75, 3.05) is 52.1 Å². The van der Waals surface area contributed by atoms with Gasteiger partial charge in [0.25, 0.3) is 0 Å². The topological polar surface area (TPSA) is 41.7 Å². The number of ether oxygens (including phenoxy) is 1. The zero-order valence-corrected chi connectivity index (χ0v) is 11.5. The van der Waals surface area contributed by atoms with E-state index < -0.39 is 0 Å². The summed E-state index contributed by atoms with van der Waals surface area (Å²) in [4.78, 5) is 4.75. The van der Waals surface area contributed by atoms with Gasteiger partial charge in [-0.25, -0.2) is 0 Å². The highest BCUT2D eigenvalue weighted by molar-refractivity contribution is 6.30. The van der Waals surface area contributed by atoms with Gasteiger partial charge >= 0.3 is 0 Å². The van der Waals surface area contributed by atoms with Crippen molar-refractivity contribution < 1.29 is 4.74 Å². The Morgan fingerprint density at radius 2 is 2.00 bits per heavy atom. The predicted octanol–water partition coefficient (Wildman–Crippen LogP) is 1.55. The second-order valence-electron chi connectivity index (χ2n) is 4.68. The summed E-state index contributed by atoms with van der Waals surface area (Å²) in [5.74, 6) is 0.716. The van der Waals surface area contributed by atoms with E-state index in [1.54, 1.807) is 12.1 Å². The SMILES string of the molecule is CN1CCN(CCOc2ccc(Cl)cc2N)CC1. The third-order valence-electron chi connectivity index (χ3n) is 3.23. The van der Waals surface area contributed by atoms with Crippen LogP contribution in [0.5, 0.6) is 5.75 Å². The fourth-order valence-corrected chi connectivity index (χ4v) is 2.19. The van der Waals surface area contributed by atoms with Crippen LogP contribution in [0.4, 0.5) is 5.69 Å². The zero-order valence-electron chi connectivity index (χ0n) is 10.7. The molecular formula is C13H20ClN3O. The van der Waals surface area contributed by atoms with Gasteiger partial charge in [-0.05, 0) is 25.2 Å². The molecule has 0 amide bonds. The quantitative estimate of drug-likeness (QED) is 0.842. The Labute approximate surface area is 113 Å². The molecule has 18 heavy (non-hydrogen) atoms. The van der Waals surface area contributed by atoms with Crippen LogP contribution >= 0.6 is 11.6 Å². The molecule has 0 spiro atoms. The fraction of sp³-hybridized carbons (Fsp3) is 0.538. The molecule has 2 rings (SSSR count).